The zero-order chi connectivity index (χ0) is 17.7. The number of nitro benzene ring substituents is 1. The van der Waals surface area contributed by atoms with Gasteiger partial charge < -0.3 is 15.0 Å². The van der Waals surface area contributed by atoms with Crippen LogP contribution in [-0.2, 0) is 4.74 Å². The number of likely N-dealkylation sites (tertiary alicyclic amines) is 1. The van der Waals surface area contributed by atoms with Crippen LogP contribution in [0.4, 0.5) is 16.2 Å². The summed E-state index contributed by atoms with van der Waals surface area (Å²) in [4.78, 5) is 24.3. The van der Waals surface area contributed by atoms with Crippen LogP contribution in [-0.4, -0.2) is 40.6 Å². The number of carbonyl (C=O) groups excluding carboxylic acids is 1. The van der Waals surface area contributed by atoms with Crippen molar-refractivity contribution in [3.63, 3.8) is 0 Å². The molecule has 0 bridgehead atoms. The second-order valence-electron chi connectivity index (χ2n) is 7.05. The quantitative estimate of drug-likeness (QED) is 0.671. The Morgan fingerprint density at radius 1 is 1.33 bits per heavy atom. The van der Waals surface area contributed by atoms with Crippen molar-refractivity contribution in [2.75, 3.05) is 18.4 Å². The van der Waals surface area contributed by atoms with Crippen molar-refractivity contribution in [2.24, 2.45) is 0 Å². The first-order valence-electron chi connectivity index (χ1n) is 8.23. The summed E-state index contributed by atoms with van der Waals surface area (Å²) in [6, 6.07) is 6.69. The summed E-state index contributed by atoms with van der Waals surface area (Å²) in [5.41, 5.74) is 0.313. The Morgan fingerprint density at radius 3 is 2.75 bits per heavy atom. The Hall–Kier alpha value is -2.31. The maximum absolute atomic E-state index is 12.2. The normalized spacial score (nSPS) is 18.6. The molecule has 1 aliphatic heterocycles. The number of anilines is 1. The van der Waals surface area contributed by atoms with Crippen LogP contribution >= 0.6 is 0 Å². The summed E-state index contributed by atoms with van der Waals surface area (Å²) in [5, 5.41) is 14.2. The molecule has 2 rings (SSSR count). The summed E-state index contributed by atoms with van der Waals surface area (Å²) < 4.78 is 5.42. The van der Waals surface area contributed by atoms with E-state index in [9.17, 15) is 14.9 Å². The highest BCUT2D eigenvalue weighted by Crippen LogP contribution is 2.22. The van der Waals surface area contributed by atoms with Crippen LogP contribution in [0.5, 0.6) is 0 Å². The number of hydrogen-bond donors (Lipinski definition) is 1. The minimum absolute atomic E-state index is 0.0732. The van der Waals surface area contributed by atoms with Gasteiger partial charge in [-0.1, -0.05) is 6.07 Å². The first-order chi connectivity index (χ1) is 11.2. The van der Waals surface area contributed by atoms with Gasteiger partial charge in [0.2, 0.25) is 0 Å². The molecule has 1 heterocycles. The van der Waals surface area contributed by atoms with Crippen LogP contribution in [0.15, 0.2) is 24.3 Å². The number of nitrogens with zero attached hydrogens (tertiary/aromatic N) is 2. The topological polar surface area (TPSA) is 84.7 Å². The van der Waals surface area contributed by atoms with Gasteiger partial charge in [0.15, 0.2) is 0 Å². The molecule has 132 valence electrons. The molecule has 1 amide bonds. The van der Waals surface area contributed by atoms with Crippen LogP contribution in [0.3, 0.4) is 0 Å². The van der Waals surface area contributed by atoms with Crippen LogP contribution in [0.2, 0.25) is 0 Å². The minimum Gasteiger partial charge on any atom is -0.444 e. The van der Waals surface area contributed by atoms with E-state index in [0.717, 1.165) is 24.9 Å². The lowest BCUT2D eigenvalue weighted by molar-refractivity contribution is -0.384. The molecule has 1 atom stereocenters. The molecular weight excluding hydrogens is 310 g/mol. The highest BCUT2D eigenvalue weighted by Gasteiger charge is 2.25. The molecule has 1 aromatic carbocycles. The van der Waals surface area contributed by atoms with E-state index in [1.54, 1.807) is 11.0 Å². The Bertz CT molecular complexity index is 598. The number of carbonyl (C=O) groups is 1. The number of rotatable bonds is 3. The Morgan fingerprint density at radius 2 is 2.08 bits per heavy atom. The summed E-state index contributed by atoms with van der Waals surface area (Å²) in [7, 11) is 0. The summed E-state index contributed by atoms with van der Waals surface area (Å²) in [6.07, 6.45) is 2.27. The Kier molecular flexibility index (Phi) is 5.64. The number of nitrogens with one attached hydrogen (secondary N) is 1. The average molecular weight is 335 g/mol. The molecule has 7 heteroatoms. The van der Waals surface area contributed by atoms with Crippen molar-refractivity contribution in [1.29, 1.82) is 0 Å². The molecule has 1 fully saturated rings. The van der Waals surface area contributed by atoms with Gasteiger partial charge in [0, 0.05) is 37.0 Å². The lowest BCUT2D eigenvalue weighted by Crippen LogP contribution is -2.37. The molecule has 24 heavy (non-hydrogen) atoms. The molecule has 0 aromatic heterocycles. The molecule has 1 aromatic rings. The third-order valence-corrected chi connectivity index (χ3v) is 3.81. The van der Waals surface area contributed by atoms with Crippen molar-refractivity contribution in [3.8, 4) is 0 Å². The fraction of sp³-hybridized carbons (Fsp3) is 0.588. The van der Waals surface area contributed by atoms with Gasteiger partial charge in [-0.25, -0.2) is 4.79 Å². The van der Waals surface area contributed by atoms with E-state index in [2.05, 4.69) is 5.32 Å². The number of hydrogen-bond acceptors (Lipinski definition) is 5. The van der Waals surface area contributed by atoms with Crippen molar-refractivity contribution < 1.29 is 14.5 Å². The summed E-state index contributed by atoms with van der Waals surface area (Å²) in [6.45, 7) is 6.85. The first kappa shape index (κ1) is 18.0. The van der Waals surface area contributed by atoms with Crippen LogP contribution < -0.4 is 5.32 Å². The van der Waals surface area contributed by atoms with Crippen LogP contribution in [0.25, 0.3) is 0 Å². The van der Waals surface area contributed by atoms with Crippen molar-refractivity contribution in [1.82, 2.24) is 4.90 Å². The maximum atomic E-state index is 12.2. The van der Waals surface area contributed by atoms with Crippen molar-refractivity contribution >= 4 is 17.5 Å². The molecule has 0 radical (unpaired) electrons. The second-order valence-corrected chi connectivity index (χ2v) is 7.05. The zero-order valence-electron chi connectivity index (χ0n) is 14.4. The number of nitro groups is 1. The van der Waals surface area contributed by atoms with Gasteiger partial charge in [-0.3, -0.25) is 10.1 Å². The van der Waals surface area contributed by atoms with E-state index in [1.165, 1.54) is 12.1 Å². The van der Waals surface area contributed by atoms with Gasteiger partial charge in [0.25, 0.3) is 5.69 Å². The number of benzene rings is 1. The molecule has 1 saturated heterocycles. The third kappa shape index (κ3) is 5.40. The smallest absolute Gasteiger partial charge is 0.410 e. The molecule has 1 unspecified atom stereocenters. The van der Waals surface area contributed by atoms with E-state index < -0.39 is 10.5 Å². The van der Waals surface area contributed by atoms with Crippen molar-refractivity contribution in [3.05, 3.63) is 34.4 Å². The molecular formula is C17H25N3O4. The molecule has 1 aliphatic rings. The maximum Gasteiger partial charge on any atom is 0.410 e. The summed E-state index contributed by atoms with van der Waals surface area (Å²) >= 11 is 0. The van der Waals surface area contributed by atoms with Crippen molar-refractivity contribution in [2.45, 2.75) is 51.7 Å². The monoisotopic (exact) mass is 335 g/mol. The number of non-ortho nitro benzene ring substituents is 1. The van der Waals surface area contributed by atoms with Gasteiger partial charge >= 0.3 is 6.09 Å². The predicted molar refractivity (Wildman–Crippen MR) is 92.2 cm³/mol. The van der Waals surface area contributed by atoms with E-state index in [-0.39, 0.29) is 17.8 Å². The molecule has 0 aliphatic carbocycles. The predicted octanol–water partition coefficient (Wildman–Crippen LogP) is 3.80. The highest BCUT2D eigenvalue weighted by molar-refractivity contribution is 5.68. The fourth-order valence-electron chi connectivity index (χ4n) is 2.69. The fourth-order valence-corrected chi connectivity index (χ4v) is 2.69. The molecule has 7 nitrogen and oxygen atoms in total. The number of amides is 1. The van der Waals surface area contributed by atoms with E-state index in [0.29, 0.717) is 13.1 Å². The van der Waals surface area contributed by atoms with E-state index >= 15 is 0 Å². The van der Waals surface area contributed by atoms with Crippen LogP contribution in [0.1, 0.15) is 40.0 Å². The molecule has 0 saturated carbocycles. The molecule has 1 N–H and O–H groups in total. The molecule has 0 spiro atoms. The highest BCUT2D eigenvalue weighted by atomic mass is 16.6. The average Bonchev–Trinajstić information content (AvgIpc) is 2.71. The Labute approximate surface area is 142 Å². The SMILES string of the molecule is CC(C)(C)OC(=O)N1CCCC(Nc2cccc([N+](=O)[O-])c2)CC1. The lowest BCUT2D eigenvalue weighted by Gasteiger charge is -2.26. The third-order valence-electron chi connectivity index (χ3n) is 3.81. The first-order valence-corrected chi connectivity index (χ1v) is 8.23. The number of ether oxygens (including phenoxy) is 1. The van der Waals surface area contributed by atoms with Crippen LogP contribution in [0, 0.1) is 10.1 Å². The van der Waals surface area contributed by atoms with Gasteiger partial charge in [-0.2, -0.15) is 0 Å². The standard InChI is InChI=1S/C17H25N3O4/c1-17(2,3)24-16(21)19-10-5-7-13(9-11-19)18-14-6-4-8-15(12-14)20(22)23/h4,6,8,12-13,18H,5,7,9-11H2,1-3H3. The van der Waals surface area contributed by atoms with E-state index in [1.807, 2.05) is 26.8 Å². The largest absolute Gasteiger partial charge is 0.444 e. The Balaban J connectivity index is 1.92. The van der Waals surface area contributed by atoms with Gasteiger partial charge in [0.1, 0.15) is 5.60 Å². The van der Waals surface area contributed by atoms with Gasteiger partial charge in [-0.05, 0) is 46.1 Å². The lowest BCUT2D eigenvalue weighted by atomic mass is 10.1. The minimum atomic E-state index is -0.496. The zero-order valence-corrected chi connectivity index (χ0v) is 14.4. The second kappa shape index (κ2) is 7.51. The van der Waals surface area contributed by atoms with Gasteiger partial charge in [-0.15, -0.1) is 0 Å². The van der Waals surface area contributed by atoms with Gasteiger partial charge in [0.05, 0.1) is 4.92 Å². The summed E-state index contributed by atoms with van der Waals surface area (Å²) in [5.74, 6) is 0. The van der Waals surface area contributed by atoms with E-state index in [4.69, 9.17) is 4.74 Å².